The van der Waals surface area contributed by atoms with E-state index < -0.39 is 29.3 Å². The highest BCUT2D eigenvalue weighted by molar-refractivity contribution is 6.06. The van der Waals surface area contributed by atoms with Gasteiger partial charge in [0.1, 0.15) is 5.56 Å². The number of carbonyl (C=O) groups excluding carboxylic acids is 2. The number of nitrogens with one attached hydrogen (secondary N) is 1. The average Bonchev–Trinajstić information content (AvgIpc) is 3.31. The molecule has 2 heterocycles. The SMILES string of the molecule is CCOC(=O)c1cnn(-c2ccc(C(=O)Nc3ccccc3N3CCOCC3)cc2)c1C(F)(F)F. The van der Waals surface area contributed by atoms with Crippen LogP contribution in [0, 0.1) is 0 Å². The minimum atomic E-state index is -4.85. The molecule has 184 valence electrons. The van der Waals surface area contributed by atoms with Crippen LogP contribution in [0.4, 0.5) is 24.5 Å². The molecular weight excluding hydrogens is 465 g/mol. The van der Waals surface area contributed by atoms with Gasteiger partial charge in [0.05, 0.1) is 43.1 Å². The number of alkyl halides is 3. The van der Waals surface area contributed by atoms with Gasteiger partial charge in [-0.2, -0.15) is 18.3 Å². The molecule has 0 atom stereocenters. The molecule has 8 nitrogen and oxygen atoms in total. The van der Waals surface area contributed by atoms with E-state index in [4.69, 9.17) is 9.47 Å². The Hall–Kier alpha value is -3.86. The molecule has 1 saturated heterocycles. The smallest absolute Gasteiger partial charge is 0.434 e. The molecule has 3 aromatic rings. The van der Waals surface area contributed by atoms with E-state index in [0.717, 1.165) is 11.9 Å². The van der Waals surface area contributed by atoms with Crippen molar-refractivity contribution in [3.63, 3.8) is 0 Å². The van der Waals surface area contributed by atoms with Crippen molar-refractivity contribution in [2.24, 2.45) is 0 Å². The maximum Gasteiger partial charge on any atom is 0.434 e. The lowest BCUT2D eigenvalue weighted by Crippen LogP contribution is -2.36. The number of aromatic nitrogens is 2. The Morgan fingerprint density at radius 2 is 1.77 bits per heavy atom. The summed E-state index contributed by atoms with van der Waals surface area (Å²) in [6.45, 7) is 4.00. The van der Waals surface area contributed by atoms with Crippen LogP contribution in [-0.2, 0) is 15.7 Å². The minimum absolute atomic E-state index is 0.0399. The maximum atomic E-state index is 13.7. The number of carbonyl (C=O) groups is 2. The van der Waals surface area contributed by atoms with E-state index in [0.29, 0.717) is 36.7 Å². The second-order valence-corrected chi connectivity index (χ2v) is 7.65. The lowest BCUT2D eigenvalue weighted by Gasteiger charge is -2.30. The molecule has 1 aliphatic heterocycles. The zero-order chi connectivity index (χ0) is 25.0. The van der Waals surface area contributed by atoms with E-state index in [2.05, 4.69) is 15.3 Å². The lowest BCUT2D eigenvalue weighted by atomic mass is 10.1. The van der Waals surface area contributed by atoms with E-state index in [-0.39, 0.29) is 17.9 Å². The molecule has 0 unspecified atom stereocenters. The summed E-state index contributed by atoms with van der Waals surface area (Å²) in [6.07, 6.45) is -4.03. The number of nitrogens with zero attached hydrogens (tertiary/aromatic N) is 3. The molecule has 1 fully saturated rings. The topological polar surface area (TPSA) is 85.7 Å². The van der Waals surface area contributed by atoms with Crippen LogP contribution >= 0.6 is 0 Å². The van der Waals surface area contributed by atoms with Crippen molar-refractivity contribution >= 4 is 23.3 Å². The quantitative estimate of drug-likeness (QED) is 0.525. The Balaban J connectivity index is 1.57. The monoisotopic (exact) mass is 488 g/mol. The van der Waals surface area contributed by atoms with Crippen LogP contribution in [0.25, 0.3) is 5.69 Å². The van der Waals surface area contributed by atoms with Crippen molar-refractivity contribution in [3.8, 4) is 5.69 Å². The zero-order valence-electron chi connectivity index (χ0n) is 18.8. The summed E-state index contributed by atoms with van der Waals surface area (Å²) in [5.41, 5.74) is -0.156. The predicted molar refractivity (Wildman–Crippen MR) is 122 cm³/mol. The Morgan fingerprint density at radius 3 is 2.43 bits per heavy atom. The lowest BCUT2D eigenvalue weighted by molar-refractivity contribution is -0.143. The first-order chi connectivity index (χ1) is 16.8. The fourth-order valence-corrected chi connectivity index (χ4v) is 3.78. The standard InChI is InChI=1S/C24H23F3N4O4/c1-2-35-23(33)18-15-28-31(21(18)24(25,26)27)17-9-7-16(8-10-17)22(32)29-19-5-3-4-6-20(19)30-11-13-34-14-12-30/h3-10,15H,2,11-14H2,1H3,(H,29,32). The van der Waals surface area contributed by atoms with Gasteiger partial charge in [-0.15, -0.1) is 0 Å². The van der Waals surface area contributed by atoms with Gasteiger partial charge in [-0.25, -0.2) is 9.48 Å². The summed E-state index contributed by atoms with van der Waals surface area (Å²) in [6, 6.07) is 12.8. The molecule has 0 saturated carbocycles. The zero-order valence-corrected chi connectivity index (χ0v) is 18.8. The molecule has 0 bridgehead atoms. The Morgan fingerprint density at radius 1 is 1.09 bits per heavy atom. The van der Waals surface area contributed by atoms with Crippen LogP contribution in [0.2, 0.25) is 0 Å². The third kappa shape index (κ3) is 5.29. The summed E-state index contributed by atoms with van der Waals surface area (Å²) in [5, 5.41) is 6.61. The van der Waals surface area contributed by atoms with Crippen molar-refractivity contribution < 1.29 is 32.2 Å². The van der Waals surface area contributed by atoms with Gasteiger partial charge in [0.15, 0.2) is 5.69 Å². The van der Waals surface area contributed by atoms with Gasteiger partial charge in [0, 0.05) is 18.7 Å². The number of anilines is 2. The number of benzene rings is 2. The second kappa shape index (κ2) is 10.2. The molecule has 4 rings (SSSR count). The molecule has 0 radical (unpaired) electrons. The fraction of sp³-hybridized carbons (Fsp3) is 0.292. The third-order valence-electron chi connectivity index (χ3n) is 5.41. The van der Waals surface area contributed by atoms with E-state index >= 15 is 0 Å². The normalized spacial score (nSPS) is 14.0. The maximum absolute atomic E-state index is 13.7. The van der Waals surface area contributed by atoms with Crippen LogP contribution in [-0.4, -0.2) is 54.6 Å². The summed E-state index contributed by atoms with van der Waals surface area (Å²) < 4.78 is 51.9. The Labute approximate surface area is 199 Å². The van der Waals surface area contributed by atoms with Gasteiger partial charge in [0.25, 0.3) is 5.91 Å². The van der Waals surface area contributed by atoms with E-state index in [1.54, 1.807) is 12.1 Å². The number of ether oxygens (including phenoxy) is 2. The van der Waals surface area contributed by atoms with Gasteiger partial charge in [-0.05, 0) is 43.3 Å². The molecule has 11 heteroatoms. The number of hydrogen-bond acceptors (Lipinski definition) is 6. The second-order valence-electron chi connectivity index (χ2n) is 7.65. The molecule has 0 aliphatic carbocycles. The number of amides is 1. The van der Waals surface area contributed by atoms with Gasteiger partial charge >= 0.3 is 12.1 Å². The van der Waals surface area contributed by atoms with Crippen molar-refractivity contribution in [2.75, 3.05) is 43.1 Å². The van der Waals surface area contributed by atoms with E-state index in [1.807, 2.05) is 12.1 Å². The Bertz CT molecular complexity index is 1200. The first-order valence-corrected chi connectivity index (χ1v) is 11.0. The fourth-order valence-electron chi connectivity index (χ4n) is 3.78. The average molecular weight is 488 g/mol. The number of hydrogen-bond donors (Lipinski definition) is 1. The van der Waals surface area contributed by atoms with Crippen molar-refractivity contribution in [2.45, 2.75) is 13.1 Å². The van der Waals surface area contributed by atoms with Gasteiger partial charge < -0.3 is 19.7 Å². The summed E-state index contributed by atoms with van der Waals surface area (Å²) in [7, 11) is 0. The summed E-state index contributed by atoms with van der Waals surface area (Å²) in [5.74, 6) is -1.53. The van der Waals surface area contributed by atoms with Crippen LogP contribution in [0.5, 0.6) is 0 Å². The highest BCUT2D eigenvalue weighted by atomic mass is 19.4. The third-order valence-corrected chi connectivity index (χ3v) is 5.41. The molecule has 2 aromatic carbocycles. The van der Waals surface area contributed by atoms with Crippen LogP contribution < -0.4 is 10.2 Å². The number of morpholine rings is 1. The molecule has 1 N–H and O–H groups in total. The van der Waals surface area contributed by atoms with Crippen molar-refractivity contribution in [1.82, 2.24) is 9.78 Å². The number of rotatable bonds is 6. The van der Waals surface area contributed by atoms with Crippen molar-refractivity contribution in [1.29, 1.82) is 0 Å². The van der Waals surface area contributed by atoms with Crippen molar-refractivity contribution in [3.05, 3.63) is 71.5 Å². The summed E-state index contributed by atoms with van der Waals surface area (Å²) >= 11 is 0. The molecule has 1 aliphatic rings. The Kier molecular flexibility index (Phi) is 7.06. The van der Waals surface area contributed by atoms with Gasteiger partial charge in [-0.3, -0.25) is 4.79 Å². The number of halogens is 3. The van der Waals surface area contributed by atoms with Crippen LogP contribution in [0.15, 0.2) is 54.7 Å². The molecular formula is C24H23F3N4O4. The number of esters is 1. The van der Waals surface area contributed by atoms with Crippen LogP contribution in [0.1, 0.15) is 33.3 Å². The van der Waals surface area contributed by atoms with Gasteiger partial charge in [-0.1, -0.05) is 12.1 Å². The largest absolute Gasteiger partial charge is 0.462 e. The molecule has 1 aromatic heterocycles. The highest BCUT2D eigenvalue weighted by Crippen LogP contribution is 2.34. The molecule has 0 spiro atoms. The molecule has 1 amide bonds. The summed E-state index contributed by atoms with van der Waals surface area (Å²) in [4.78, 5) is 27.0. The minimum Gasteiger partial charge on any atom is -0.462 e. The highest BCUT2D eigenvalue weighted by Gasteiger charge is 2.41. The van der Waals surface area contributed by atoms with E-state index in [1.165, 1.54) is 31.2 Å². The van der Waals surface area contributed by atoms with E-state index in [9.17, 15) is 22.8 Å². The first-order valence-electron chi connectivity index (χ1n) is 11.0. The molecule has 35 heavy (non-hydrogen) atoms. The number of para-hydroxylation sites is 2. The van der Waals surface area contributed by atoms with Crippen LogP contribution in [0.3, 0.4) is 0 Å². The van der Waals surface area contributed by atoms with Gasteiger partial charge in [0.2, 0.25) is 0 Å². The first kappa shape index (κ1) is 24.3. The predicted octanol–water partition coefficient (Wildman–Crippen LogP) is 4.16.